The van der Waals surface area contributed by atoms with Gasteiger partial charge in [-0.25, -0.2) is 0 Å². The molecule has 0 saturated carbocycles. The van der Waals surface area contributed by atoms with Crippen LogP contribution in [0.1, 0.15) is 37.9 Å². The molecule has 0 radical (unpaired) electrons. The van der Waals surface area contributed by atoms with E-state index in [1.54, 1.807) is 14.2 Å². The molecule has 112 valence electrons. The summed E-state index contributed by atoms with van der Waals surface area (Å²) in [5.74, 6) is 1.52. The average Bonchev–Trinajstić information content (AvgIpc) is 2.52. The number of hydrogen-bond acceptors (Lipinski definition) is 4. The van der Waals surface area contributed by atoms with Crippen molar-refractivity contribution in [3.8, 4) is 11.5 Å². The minimum Gasteiger partial charge on any atom is -0.493 e. The van der Waals surface area contributed by atoms with E-state index in [1.165, 1.54) is 6.42 Å². The molecule has 1 N–H and O–H groups in total. The fourth-order valence-corrected chi connectivity index (χ4v) is 2.62. The molecule has 2 atom stereocenters. The van der Waals surface area contributed by atoms with Crippen molar-refractivity contribution in [1.29, 1.82) is 0 Å². The van der Waals surface area contributed by atoms with Crippen LogP contribution in [-0.2, 0) is 4.74 Å². The van der Waals surface area contributed by atoms with E-state index in [0.29, 0.717) is 6.04 Å². The largest absolute Gasteiger partial charge is 0.493 e. The third-order valence-corrected chi connectivity index (χ3v) is 3.75. The lowest BCUT2D eigenvalue weighted by molar-refractivity contribution is 0.000229. The molecule has 1 aromatic carbocycles. The Balaban J connectivity index is 2.06. The summed E-state index contributed by atoms with van der Waals surface area (Å²) in [4.78, 5) is 0. The van der Waals surface area contributed by atoms with Crippen molar-refractivity contribution in [3.63, 3.8) is 0 Å². The Kier molecular flexibility index (Phi) is 5.68. The SMILES string of the molecule is CCCNC1CCOC(c2ccc(OC)c(OC)c2)C1. The lowest BCUT2D eigenvalue weighted by Crippen LogP contribution is -2.36. The first-order chi connectivity index (χ1) is 9.78. The lowest BCUT2D eigenvalue weighted by atomic mass is 9.97. The first-order valence-corrected chi connectivity index (χ1v) is 7.35. The number of rotatable bonds is 6. The summed E-state index contributed by atoms with van der Waals surface area (Å²) in [5, 5.41) is 3.59. The molecule has 1 aliphatic heterocycles. The molecule has 0 aromatic heterocycles. The van der Waals surface area contributed by atoms with Crippen molar-refractivity contribution in [2.45, 2.75) is 38.3 Å². The highest BCUT2D eigenvalue weighted by Crippen LogP contribution is 2.34. The summed E-state index contributed by atoms with van der Waals surface area (Å²) in [6.45, 7) is 4.07. The van der Waals surface area contributed by atoms with Gasteiger partial charge < -0.3 is 19.5 Å². The summed E-state index contributed by atoms with van der Waals surface area (Å²) in [6.07, 6.45) is 3.40. The monoisotopic (exact) mass is 279 g/mol. The minimum atomic E-state index is 0.137. The minimum absolute atomic E-state index is 0.137. The van der Waals surface area contributed by atoms with Gasteiger partial charge in [-0.2, -0.15) is 0 Å². The van der Waals surface area contributed by atoms with Crippen molar-refractivity contribution in [1.82, 2.24) is 5.32 Å². The number of methoxy groups -OCH3 is 2. The van der Waals surface area contributed by atoms with Crippen molar-refractivity contribution >= 4 is 0 Å². The lowest BCUT2D eigenvalue weighted by Gasteiger charge is -2.30. The molecule has 4 nitrogen and oxygen atoms in total. The van der Waals surface area contributed by atoms with E-state index in [-0.39, 0.29) is 6.10 Å². The standard InChI is InChI=1S/C16H25NO3/c1-4-8-17-13-7-9-20-15(11-13)12-5-6-14(18-2)16(10-12)19-3/h5-6,10,13,15,17H,4,7-9,11H2,1-3H3. The van der Waals surface area contributed by atoms with Crippen LogP contribution in [-0.4, -0.2) is 33.4 Å². The molecule has 20 heavy (non-hydrogen) atoms. The van der Waals surface area contributed by atoms with Gasteiger partial charge in [-0.3, -0.25) is 0 Å². The second-order valence-corrected chi connectivity index (χ2v) is 5.15. The second kappa shape index (κ2) is 7.50. The van der Waals surface area contributed by atoms with Gasteiger partial charge in [-0.15, -0.1) is 0 Å². The van der Waals surface area contributed by atoms with Gasteiger partial charge in [-0.1, -0.05) is 13.0 Å². The Morgan fingerprint density at radius 3 is 2.75 bits per heavy atom. The number of hydrogen-bond donors (Lipinski definition) is 1. The molecule has 2 unspecified atom stereocenters. The zero-order valence-electron chi connectivity index (χ0n) is 12.6. The zero-order chi connectivity index (χ0) is 14.4. The third kappa shape index (κ3) is 3.64. The van der Waals surface area contributed by atoms with Crippen LogP contribution in [0, 0.1) is 0 Å². The van der Waals surface area contributed by atoms with Gasteiger partial charge in [0, 0.05) is 12.6 Å². The Labute approximate surface area is 121 Å². The van der Waals surface area contributed by atoms with Crippen LogP contribution >= 0.6 is 0 Å². The van der Waals surface area contributed by atoms with Gasteiger partial charge >= 0.3 is 0 Å². The molecule has 0 aliphatic carbocycles. The fraction of sp³-hybridized carbons (Fsp3) is 0.625. The number of ether oxygens (including phenoxy) is 3. The Hall–Kier alpha value is -1.26. The van der Waals surface area contributed by atoms with Gasteiger partial charge in [0.25, 0.3) is 0 Å². The number of benzene rings is 1. The van der Waals surface area contributed by atoms with Crippen LogP contribution in [0.2, 0.25) is 0 Å². The van der Waals surface area contributed by atoms with E-state index in [2.05, 4.69) is 18.3 Å². The maximum absolute atomic E-state index is 5.91. The van der Waals surface area contributed by atoms with E-state index in [9.17, 15) is 0 Å². The van der Waals surface area contributed by atoms with E-state index in [1.807, 2.05) is 12.1 Å². The average molecular weight is 279 g/mol. The molecule has 0 amide bonds. The van der Waals surface area contributed by atoms with Crippen LogP contribution in [0.4, 0.5) is 0 Å². The number of nitrogens with one attached hydrogen (secondary N) is 1. The molecule has 1 aromatic rings. The highest BCUT2D eigenvalue weighted by atomic mass is 16.5. The molecule has 0 spiro atoms. The Morgan fingerprint density at radius 1 is 1.25 bits per heavy atom. The molecule has 1 aliphatic rings. The van der Waals surface area contributed by atoms with Crippen LogP contribution in [0.15, 0.2) is 18.2 Å². The summed E-state index contributed by atoms with van der Waals surface area (Å²) in [5.41, 5.74) is 1.16. The maximum Gasteiger partial charge on any atom is 0.161 e. The second-order valence-electron chi connectivity index (χ2n) is 5.15. The van der Waals surface area contributed by atoms with E-state index < -0.39 is 0 Å². The van der Waals surface area contributed by atoms with Crippen molar-refractivity contribution in [3.05, 3.63) is 23.8 Å². The molecule has 0 bridgehead atoms. The van der Waals surface area contributed by atoms with Crippen LogP contribution in [0.3, 0.4) is 0 Å². The molecule has 1 saturated heterocycles. The summed E-state index contributed by atoms with van der Waals surface area (Å²) < 4.78 is 16.5. The van der Waals surface area contributed by atoms with Gasteiger partial charge in [0.2, 0.25) is 0 Å². The maximum atomic E-state index is 5.91. The summed E-state index contributed by atoms with van der Waals surface area (Å²) >= 11 is 0. The predicted molar refractivity (Wildman–Crippen MR) is 79.6 cm³/mol. The van der Waals surface area contributed by atoms with E-state index in [0.717, 1.165) is 43.1 Å². The van der Waals surface area contributed by atoms with Gasteiger partial charge in [0.05, 0.1) is 20.3 Å². The van der Waals surface area contributed by atoms with Gasteiger partial charge in [0.1, 0.15) is 0 Å². The van der Waals surface area contributed by atoms with Crippen molar-refractivity contribution in [2.24, 2.45) is 0 Å². The summed E-state index contributed by atoms with van der Waals surface area (Å²) in [7, 11) is 3.31. The van der Waals surface area contributed by atoms with Crippen LogP contribution < -0.4 is 14.8 Å². The van der Waals surface area contributed by atoms with E-state index >= 15 is 0 Å². The molecule has 4 heteroatoms. The molecule has 1 heterocycles. The molecule has 2 rings (SSSR count). The predicted octanol–water partition coefficient (Wildman–Crippen LogP) is 2.92. The van der Waals surface area contributed by atoms with E-state index in [4.69, 9.17) is 14.2 Å². The molecular formula is C16H25NO3. The smallest absolute Gasteiger partial charge is 0.161 e. The topological polar surface area (TPSA) is 39.7 Å². The van der Waals surface area contributed by atoms with Gasteiger partial charge in [-0.05, 0) is 43.5 Å². The third-order valence-electron chi connectivity index (χ3n) is 3.75. The fourth-order valence-electron chi connectivity index (χ4n) is 2.62. The highest BCUT2D eigenvalue weighted by molar-refractivity contribution is 5.43. The molecular weight excluding hydrogens is 254 g/mol. The first-order valence-electron chi connectivity index (χ1n) is 7.35. The Bertz CT molecular complexity index is 422. The highest BCUT2D eigenvalue weighted by Gasteiger charge is 2.24. The normalized spacial score (nSPS) is 22.6. The molecule has 1 fully saturated rings. The van der Waals surface area contributed by atoms with Crippen molar-refractivity contribution in [2.75, 3.05) is 27.4 Å². The quantitative estimate of drug-likeness (QED) is 0.869. The summed E-state index contributed by atoms with van der Waals surface area (Å²) in [6, 6.07) is 6.57. The van der Waals surface area contributed by atoms with Crippen LogP contribution in [0.25, 0.3) is 0 Å². The van der Waals surface area contributed by atoms with Crippen LogP contribution in [0.5, 0.6) is 11.5 Å². The zero-order valence-corrected chi connectivity index (χ0v) is 12.6. The first kappa shape index (κ1) is 15.1. The van der Waals surface area contributed by atoms with Crippen molar-refractivity contribution < 1.29 is 14.2 Å². The van der Waals surface area contributed by atoms with Gasteiger partial charge in [0.15, 0.2) is 11.5 Å². The Morgan fingerprint density at radius 2 is 2.05 bits per heavy atom.